The number of likely N-dealkylation sites (N-methyl/N-ethyl adjacent to an activating group) is 2. The van der Waals surface area contributed by atoms with E-state index in [0.717, 1.165) is 25.3 Å². The molecule has 0 aromatic heterocycles. The molecule has 2 aliphatic heterocycles. The molecular formula is C30H29ClF4N3O7S+. The summed E-state index contributed by atoms with van der Waals surface area (Å²) in [5, 5.41) is 2.63. The molecule has 1 fully saturated rings. The summed E-state index contributed by atoms with van der Waals surface area (Å²) in [4.78, 5) is 28.0. The quantitative estimate of drug-likeness (QED) is 0.274. The number of para-hydroxylation sites is 1. The van der Waals surface area contributed by atoms with Gasteiger partial charge in [0.2, 0.25) is 5.54 Å². The molecule has 10 nitrogen and oxygen atoms in total. The van der Waals surface area contributed by atoms with Crippen molar-refractivity contribution < 1.29 is 54.3 Å². The number of amides is 2. The number of likely N-dealkylation sites (tertiary alicyclic amines) is 1. The van der Waals surface area contributed by atoms with Crippen LogP contribution in [0.1, 0.15) is 17.5 Å². The number of hydrogen-bond donors (Lipinski definition) is 1. The summed E-state index contributed by atoms with van der Waals surface area (Å²) < 4.78 is 97.9. The summed E-state index contributed by atoms with van der Waals surface area (Å²) in [7, 11) is 0.243. The van der Waals surface area contributed by atoms with Gasteiger partial charge in [-0.3, -0.25) is 14.1 Å². The van der Waals surface area contributed by atoms with Crippen molar-refractivity contribution in [3.63, 3.8) is 0 Å². The molecule has 0 saturated carbocycles. The molecule has 4 atom stereocenters. The van der Waals surface area contributed by atoms with Crippen LogP contribution in [0.15, 0.2) is 65.6 Å². The fourth-order valence-electron chi connectivity index (χ4n) is 6.71. The van der Waals surface area contributed by atoms with Crippen LogP contribution in [0.2, 0.25) is 5.02 Å². The maximum atomic E-state index is 15.5. The molecular weight excluding hydrogens is 658 g/mol. The van der Waals surface area contributed by atoms with Crippen molar-refractivity contribution in [1.29, 1.82) is 0 Å². The second-order valence-corrected chi connectivity index (χ2v) is 13.1. The lowest BCUT2D eigenvalue weighted by molar-refractivity contribution is -0.953. The average Bonchev–Trinajstić information content (AvgIpc) is 3.46. The van der Waals surface area contributed by atoms with Crippen LogP contribution in [0.4, 0.5) is 23.2 Å². The predicted octanol–water partition coefficient (Wildman–Crippen LogP) is 4.54. The van der Waals surface area contributed by atoms with E-state index < -0.39 is 66.8 Å². The number of methoxy groups -OCH3 is 2. The van der Waals surface area contributed by atoms with Gasteiger partial charge in [0.05, 0.1) is 38.1 Å². The van der Waals surface area contributed by atoms with Crippen molar-refractivity contribution >= 4 is 39.1 Å². The van der Waals surface area contributed by atoms with E-state index in [2.05, 4.69) is 10.1 Å². The number of nitrogens with zero attached hydrogens (tertiary/aromatic N) is 2. The Bertz CT molecular complexity index is 1830. The summed E-state index contributed by atoms with van der Waals surface area (Å²) in [5.41, 5.74) is -2.13. The zero-order chi connectivity index (χ0) is 33.8. The Morgan fingerprint density at radius 3 is 2.35 bits per heavy atom. The van der Waals surface area contributed by atoms with E-state index in [9.17, 15) is 26.4 Å². The normalized spacial score (nSPS) is 24.5. The Morgan fingerprint density at radius 2 is 1.72 bits per heavy atom. The summed E-state index contributed by atoms with van der Waals surface area (Å²) in [5.74, 6) is -2.85. The number of alkyl halides is 4. The number of nitrogens with one attached hydrogen (secondary N) is 1. The second-order valence-electron chi connectivity index (χ2n) is 10.9. The van der Waals surface area contributed by atoms with Crippen LogP contribution in [0.5, 0.6) is 17.2 Å². The number of quaternary nitrogens is 1. The number of carbonyl (C=O) groups excluding carboxylic acids is 2. The van der Waals surface area contributed by atoms with Gasteiger partial charge in [0.15, 0.2) is 12.2 Å². The highest BCUT2D eigenvalue weighted by molar-refractivity contribution is 7.93. The molecule has 2 heterocycles. The Labute approximate surface area is 267 Å². The molecule has 5 rings (SSSR count). The van der Waals surface area contributed by atoms with E-state index in [1.807, 2.05) is 0 Å². The highest BCUT2D eigenvalue weighted by Crippen LogP contribution is 2.58. The summed E-state index contributed by atoms with van der Waals surface area (Å²) in [6.45, 7) is -0.380. The molecule has 0 radical (unpaired) electrons. The van der Waals surface area contributed by atoms with Crippen molar-refractivity contribution in [3.8, 4) is 17.2 Å². The summed E-state index contributed by atoms with van der Waals surface area (Å²) in [6, 6.07) is 11.4. The highest BCUT2D eigenvalue weighted by Gasteiger charge is 2.72. The number of ether oxygens (including phenoxy) is 3. The minimum absolute atomic E-state index is 0.0413. The van der Waals surface area contributed by atoms with Crippen LogP contribution in [0.3, 0.4) is 0 Å². The fraction of sp³-hybridized carbons (Fsp3) is 0.333. The van der Waals surface area contributed by atoms with Gasteiger partial charge in [0.25, 0.3) is 15.9 Å². The first-order chi connectivity index (χ1) is 21.6. The van der Waals surface area contributed by atoms with Crippen molar-refractivity contribution in [2.24, 2.45) is 0 Å². The molecule has 1 N–H and O–H groups in total. The van der Waals surface area contributed by atoms with Gasteiger partial charge in [0.1, 0.15) is 28.7 Å². The number of fused-ring (bicyclic) bond motifs is 1. The van der Waals surface area contributed by atoms with Gasteiger partial charge in [-0.25, -0.2) is 12.8 Å². The number of sulfonamides is 1. The molecule has 16 heteroatoms. The van der Waals surface area contributed by atoms with Gasteiger partial charge in [-0.1, -0.05) is 23.7 Å². The molecule has 0 spiro atoms. The van der Waals surface area contributed by atoms with Gasteiger partial charge in [-0.15, -0.1) is 13.2 Å². The smallest absolute Gasteiger partial charge is 0.496 e. The van der Waals surface area contributed by atoms with E-state index in [0.29, 0.717) is 4.31 Å². The lowest BCUT2D eigenvalue weighted by atomic mass is 9.78. The zero-order valence-corrected chi connectivity index (χ0v) is 26.5. The van der Waals surface area contributed by atoms with Crippen molar-refractivity contribution in [3.05, 3.63) is 76.8 Å². The Balaban J connectivity index is 1.85. The maximum Gasteiger partial charge on any atom is 0.573 e. The maximum absolute atomic E-state index is 15.5. The van der Waals surface area contributed by atoms with Gasteiger partial charge in [-0.05, 0) is 42.5 Å². The van der Waals surface area contributed by atoms with E-state index in [1.165, 1.54) is 51.5 Å². The lowest BCUT2D eigenvalue weighted by Gasteiger charge is -2.48. The van der Waals surface area contributed by atoms with Crippen molar-refractivity contribution in [1.82, 2.24) is 5.32 Å². The molecule has 3 aromatic rings. The summed E-state index contributed by atoms with van der Waals surface area (Å²) >= 11 is 6.47. The number of carbonyl (C=O) groups is 2. The van der Waals surface area contributed by atoms with Gasteiger partial charge < -0.3 is 19.5 Å². The molecule has 46 heavy (non-hydrogen) atoms. The first-order valence-electron chi connectivity index (χ1n) is 13.7. The first-order valence-corrected chi connectivity index (χ1v) is 15.6. The van der Waals surface area contributed by atoms with E-state index >= 15 is 9.18 Å². The van der Waals surface area contributed by atoms with E-state index in [1.54, 1.807) is 12.1 Å². The zero-order valence-electron chi connectivity index (χ0n) is 24.9. The fourth-order valence-corrected chi connectivity index (χ4v) is 8.48. The molecule has 0 bridgehead atoms. The van der Waals surface area contributed by atoms with Crippen molar-refractivity contribution in [2.75, 3.05) is 39.2 Å². The number of anilines is 1. The minimum atomic E-state index is -5.08. The molecule has 0 aliphatic carbocycles. The summed E-state index contributed by atoms with van der Waals surface area (Å²) in [6.07, 6.45) is -6.92. The SMILES string of the molecule is CNC(=O)[C@@H]1C[C@@H](F)C[N+]1(C)C1(c2ccccc2OC)C(=O)N(S(=O)(=O)c2ccc(OC(F)(F)F)cc2OC)c2ccc(Cl)cc21. The highest BCUT2D eigenvalue weighted by atomic mass is 35.5. The van der Waals surface area contributed by atoms with Crippen LogP contribution in [0, 0.1) is 0 Å². The standard InChI is InChI=1S/C30H28ClF4N3O7S/c1-36-27(39)23-14-18(32)16-38(23,2)29(20-7-5-6-8-24(20)43-3)21-13-17(31)9-11-22(21)37(28(29)40)46(41,42)26-12-10-19(15-25(26)44-4)45-30(33,34)35/h5-13,15,18,23H,14,16H2,1-4H3/p+1/t18-,23+,29?,38?/m1/s1. The van der Waals surface area contributed by atoms with Crippen LogP contribution >= 0.6 is 11.6 Å². The number of halogens is 5. The predicted molar refractivity (Wildman–Crippen MR) is 158 cm³/mol. The molecule has 2 amide bonds. The molecule has 1 saturated heterocycles. The topological polar surface area (TPSA) is 111 Å². The van der Waals surface area contributed by atoms with E-state index in [4.69, 9.17) is 21.1 Å². The third-order valence-corrected chi connectivity index (χ3v) is 10.5. The Morgan fingerprint density at radius 1 is 1.04 bits per heavy atom. The van der Waals surface area contributed by atoms with Crippen LogP contribution in [0.25, 0.3) is 0 Å². The van der Waals surface area contributed by atoms with Crippen LogP contribution in [-0.4, -0.2) is 78.2 Å². The lowest BCUT2D eigenvalue weighted by Crippen LogP contribution is -2.69. The minimum Gasteiger partial charge on any atom is -0.496 e. The van der Waals surface area contributed by atoms with Crippen LogP contribution < -0.4 is 23.8 Å². The second kappa shape index (κ2) is 11.6. The monoisotopic (exact) mass is 686 g/mol. The van der Waals surface area contributed by atoms with E-state index in [-0.39, 0.29) is 40.6 Å². The molecule has 3 aromatic carbocycles. The first kappa shape index (κ1) is 33.3. The van der Waals surface area contributed by atoms with Gasteiger partial charge in [-0.2, -0.15) is 4.31 Å². The van der Waals surface area contributed by atoms with Gasteiger partial charge in [0, 0.05) is 24.6 Å². The van der Waals surface area contributed by atoms with Crippen molar-refractivity contribution in [2.45, 2.75) is 35.4 Å². The third-order valence-electron chi connectivity index (χ3n) is 8.50. The number of benzene rings is 3. The van der Waals surface area contributed by atoms with Crippen LogP contribution in [-0.2, 0) is 25.2 Å². The molecule has 246 valence electrons. The Hall–Kier alpha value is -4.08. The largest absolute Gasteiger partial charge is 0.573 e. The molecule has 2 unspecified atom stereocenters. The third kappa shape index (κ3) is 5.00. The van der Waals surface area contributed by atoms with Gasteiger partial charge >= 0.3 is 12.3 Å². The average molecular weight is 687 g/mol. The Kier molecular flexibility index (Phi) is 8.41. The number of rotatable bonds is 8. The molecule has 2 aliphatic rings. The number of hydrogen-bond acceptors (Lipinski definition) is 7.